The van der Waals surface area contributed by atoms with Gasteiger partial charge in [-0.15, -0.1) is 0 Å². The van der Waals surface area contributed by atoms with E-state index in [0.717, 1.165) is 57.2 Å². The highest BCUT2D eigenvalue weighted by atomic mass is 16.1. The number of hydrogen-bond acceptors (Lipinski definition) is 2. The van der Waals surface area contributed by atoms with Crippen LogP contribution in [0.3, 0.4) is 0 Å². The second kappa shape index (κ2) is 7.03. The minimum atomic E-state index is -0.119. The number of benzene rings is 1. The molecular weight excluding hydrogens is 246 g/mol. The Morgan fingerprint density at radius 1 is 1.10 bits per heavy atom. The van der Waals surface area contributed by atoms with Crippen LogP contribution in [0.15, 0.2) is 24.3 Å². The van der Waals surface area contributed by atoms with Crippen LogP contribution in [0.5, 0.6) is 0 Å². The van der Waals surface area contributed by atoms with Gasteiger partial charge in [0.1, 0.15) is 0 Å². The summed E-state index contributed by atoms with van der Waals surface area (Å²) in [5.41, 5.74) is 2.12. The van der Waals surface area contributed by atoms with Crippen LogP contribution in [0.4, 0.5) is 0 Å². The van der Waals surface area contributed by atoms with Crippen LogP contribution in [0, 0.1) is 5.41 Å². The first kappa shape index (κ1) is 15.2. The van der Waals surface area contributed by atoms with Crippen LogP contribution in [-0.2, 0) is 6.42 Å². The minimum Gasteiger partial charge on any atom is -0.317 e. The van der Waals surface area contributed by atoms with Crippen molar-refractivity contribution < 1.29 is 4.79 Å². The molecule has 0 radical (unpaired) electrons. The number of carbonyl (C=O) groups is 1. The van der Waals surface area contributed by atoms with E-state index in [4.69, 9.17) is 0 Å². The van der Waals surface area contributed by atoms with E-state index < -0.39 is 0 Å². The molecule has 1 heterocycles. The van der Waals surface area contributed by atoms with Crippen LogP contribution in [-0.4, -0.2) is 18.9 Å². The van der Waals surface area contributed by atoms with Crippen molar-refractivity contribution in [1.82, 2.24) is 5.32 Å². The van der Waals surface area contributed by atoms with Crippen molar-refractivity contribution in [2.24, 2.45) is 5.41 Å². The lowest BCUT2D eigenvalue weighted by Crippen LogP contribution is -2.42. The van der Waals surface area contributed by atoms with Crippen LogP contribution < -0.4 is 5.32 Å². The maximum Gasteiger partial charge on any atom is 0.169 e. The Bertz CT molecular complexity index is 424. The highest BCUT2D eigenvalue weighted by Gasteiger charge is 2.38. The van der Waals surface area contributed by atoms with E-state index in [1.165, 1.54) is 5.56 Å². The molecule has 0 atom stereocenters. The van der Waals surface area contributed by atoms with E-state index in [1.807, 2.05) is 12.1 Å². The van der Waals surface area contributed by atoms with Gasteiger partial charge in [-0.25, -0.2) is 0 Å². The Kier molecular flexibility index (Phi) is 5.36. The summed E-state index contributed by atoms with van der Waals surface area (Å²) in [5.74, 6) is 0.365. The molecule has 2 heteroatoms. The summed E-state index contributed by atoms with van der Waals surface area (Å²) in [4.78, 5) is 13.0. The lowest BCUT2D eigenvalue weighted by molar-refractivity contribution is 0.0704. The molecule has 0 aromatic heterocycles. The van der Waals surface area contributed by atoms with Crippen LogP contribution in [0.2, 0.25) is 0 Å². The Labute approximate surface area is 123 Å². The number of piperidine rings is 1. The quantitative estimate of drug-likeness (QED) is 0.794. The van der Waals surface area contributed by atoms with Crippen molar-refractivity contribution in [1.29, 1.82) is 0 Å². The number of hydrogen-bond donors (Lipinski definition) is 1. The van der Waals surface area contributed by atoms with Crippen molar-refractivity contribution in [2.75, 3.05) is 13.1 Å². The molecule has 20 heavy (non-hydrogen) atoms. The van der Waals surface area contributed by atoms with E-state index in [2.05, 4.69) is 31.3 Å². The fourth-order valence-corrected chi connectivity index (χ4v) is 3.39. The summed E-state index contributed by atoms with van der Waals surface area (Å²) in [5, 5.41) is 3.38. The minimum absolute atomic E-state index is 0.119. The Balaban J connectivity index is 2.18. The molecule has 0 saturated carbocycles. The van der Waals surface area contributed by atoms with Gasteiger partial charge in [0.2, 0.25) is 0 Å². The summed E-state index contributed by atoms with van der Waals surface area (Å²) in [7, 11) is 0. The first-order valence-corrected chi connectivity index (χ1v) is 8.06. The smallest absolute Gasteiger partial charge is 0.169 e. The van der Waals surface area contributed by atoms with E-state index in [1.54, 1.807) is 0 Å². The molecule has 1 aliphatic rings. The second-order valence-electron chi connectivity index (χ2n) is 6.06. The first-order valence-electron chi connectivity index (χ1n) is 8.06. The maximum atomic E-state index is 13.0. The van der Waals surface area contributed by atoms with Crippen molar-refractivity contribution in [3.05, 3.63) is 35.4 Å². The Morgan fingerprint density at radius 3 is 2.30 bits per heavy atom. The van der Waals surface area contributed by atoms with Crippen molar-refractivity contribution in [3.8, 4) is 0 Å². The molecular formula is C18H27NO. The fraction of sp³-hybridized carbons (Fsp3) is 0.611. The van der Waals surface area contributed by atoms with Gasteiger partial charge in [-0.3, -0.25) is 4.79 Å². The van der Waals surface area contributed by atoms with Gasteiger partial charge in [-0.05, 0) is 44.3 Å². The van der Waals surface area contributed by atoms with Crippen molar-refractivity contribution >= 4 is 5.78 Å². The zero-order valence-electron chi connectivity index (χ0n) is 12.9. The number of aryl methyl sites for hydroxylation is 1. The van der Waals surface area contributed by atoms with Crippen molar-refractivity contribution in [2.45, 2.75) is 52.4 Å². The largest absolute Gasteiger partial charge is 0.317 e. The zero-order valence-corrected chi connectivity index (χ0v) is 12.9. The van der Waals surface area contributed by atoms with E-state index in [-0.39, 0.29) is 5.41 Å². The van der Waals surface area contributed by atoms with Crippen molar-refractivity contribution in [3.63, 3.8) is 0 Å². The van der Waals surface area contributed by atoms with Crippen LogP contribution in [0.1, 0.15) is 61.9 Å². The number of carbonyl (C=O) groups excluding carboxylic acids is 1. The van der Waals surface area contributed by atoms with Gasteiger partial charge in [0.15, 0.2) is 5.78 Å². The Hall–Kier alpha value is -1.15. The monoisotopic (exact) mass is 273 g/mol. The van der Waals surface area contributed by atoms with E-state index in [0.29, 0.717) is 5.78 Å². The lowest BCUT2D eigenvalue weighted by atomic mass is 9.70. The molecule has 2 rings (SSSR count). The maximum absolute atomic E-state index is 13.0. The molecule has 0 spiro atoms. The average Bonchev–Trinajstić information content (AvgIpc) is 2.49. The highest BCUT2D eigenvalue weighted by molar-refractivity contribution is 6.00. The summed E-state index contributed by atoms with van der Waals surface area (Å²) < 4.78 is 0. The normalized spacial score (nSPS) is 17.9. The number of Topliss-reactive ketones (excluding diaryl/α,β-unsaturated/α-hetero) is 1. The summed E-state index contributed by atoms with van der Waals surface area (Å²) in [6, 6.07) is 8.31. The second-order valence-corrected chi connectivity index (χ2v) is 6.06. The zero-order chi connectivity index (χ0) is 14.4. The molecule has 1 aromatic carbocycles. The van der Waals surface area contributed by atoms with Gasteiger partial charge in [-0.2, -0.15) is 0 Å². The van der Waals surface area contributed by atoms with Gasteiger partial charge < -0.3 is 5.32 Å². The fourth-order valence-electron chi connectivity index (χ4n) is 3.39. The molecule has 2 nitrogen and oxygen atoms in total. The number of rotatable bonds is 6. The molecule has 0 unspecified atom stereocenters. The van der Waals surface area contributed by atoms with Crippen LogP contribution in [0.25, 0.3) is 0 Å². The molecule has 1 saturated heterocycles. The van der Waals surface area contributed by atoms with Crippen LogP contribution >= 0.6 is 0 Å². The highest BCUT2D eigenvalue weighted by Crippen LogP contribution is 2.37. The van der Waals surface area contributed by atoms with Gasteiger partial charge in [0.25, 0.3) is 0 Å². The van der Waals surface area contributed by atoms with E-state index >= 15 is 0 Å². The molecule has 1 aromatic rings. The summed E-state index contributed by atoms with van der Waals surface area (Å²) >= 11 is 0. The van der Waals surface area contributed by atoms with Gasteiger partial charge in [-0.1, -0.05) is 51.0 Å². The number of ketones is 1. The molecule has 1 fully saturated rings. The predicted octanol–water partition coefficient (Wildman–Crippen LogP) is 3.99. The first-order chi connectivity index (χ1) is 9.72. The standard InChI is InChI=1S/C18H27NO/c1-3-5-15-6-8-16(9-7-15)17(20)18(10-4-2)11-13-19-14-12-18/h6-9,19H,3-5,10-14H2,1-2H3. The predicted molar refractivity (Wildman–Crippen MR) is 84.2 cm³/mol. The molecule has 1 N–H and O–H groups in total. The summed E-state index contributed by atoms with van der Waals surface area (Å²) in [6.45, 7) is 6.31. The third-order valence-corrected chi connectivity index (χ3v) is 4.53. The third kappa shape index (κ3) is 3.29. The molecule has 0 aliphatic carbocycles. The SMILES string of the molecule is CCCc1ccc(C(=O)C2(CCC)CCNCC2)cc1. The molecule has 1 aliphatic heterocycles. The number of nitrogens with one attached hydrogen (secondary N) is 1. The molecule has 0 amide bonds. The topological polar surface area (TPSA) is 29.1 Å². The Morgan fingerprint density at radius 2 is 1.75 bits per heavy atom. The van der Waals surface area contributed by atoms with Gasteiger partial charge in [0.05, 0.1) is 0 Å². The van der Waals surface area contributed by atoms with E-state index in [9.17, 15) is 4.79 Å². The molecule has 0 bridgehead atoms. The summed E-state index contributed by atoms with van der Waals surface area (Å²) in [6.07, 6.45) is 6.31. The molecule has 110 valence electrons. The third-order valence-electron chi connectivity index (χ3n) is 4.53. The van der Waals surface area contributed by atoms with Gasteiger partial charge in [0, 0.05) is 11.0 Å². The van der Waals surface area contributed by atoms with Gasteiger partial charge >= 0.3 is 0 Å². The lowest BCUT2D eigenvalue weighted by Gasteiger charge is -2.36. The average molecular weight is 273 g/mol.